The molecule has 0 saturated carbocycles. The highest BCUT2D eigenvalue weighted by molar-refractivity contribution is 7.21. The number of ether oxygens (including phenoxy) is 3. The summed E-state index contributed by atoms with van der Waals surface area (Å²) in [7, 11) is 0. The number of H-pyrrole nitrogens is 1. The lowest BCUT2D eigenvalue weighted by Crippen LogP contribution is -2.41. The van der Waals surface area contributed by atoms with Crippen molar-refractivity contribution in [2.75, 3.05) is 12.5 Å². The Kier molecular flexibility index (Phi) is 5.34. The highest BCUT2D eigenvalue weighted by Gasteiger charge is 2.35. The molecule has 6 rings (SSSR count). The highest BCUT2D eigenvalue weighted by Crippen LogP contribution is 2.38. The first-order chi connectivity index (χ1) is 18.2. The van der Waals surface area contributed by atoms with Gasteiger partial charge >= 0.3 is 17.7 Å². The van der Waals surface area contributed by atoms with E-state index in [1.54, 1.807) is 24.3 Å². The van der Waals surface area contributed by atoms with Gasteiger partial charge in [-0.05, 0) is 52.4 Å². The van der Waals surface area contributed by atoms with Crippen LogP contribution in [0.2, 0.25) is 0 Å². The summed E-state index contributed by atoms with van der Waals surface area (Å²) in [6.07, 6.45) is -4.87. The molecule has 0 fully saturated rings. The van der Waals surface area contributed by atoms with E-state index in [-0.39, 0.29) is 23.0 Å². The Morgan fingerprint density at radius 3 is 2.61 bits per heavy atom. The van der Waals surface area contributed by atoms with Crippen molar-refractivity contribution in [3.8, 4) is 34.2 Å². The number of carbonyl (C=O) groups excluding carboxylic acids is 1. The summed E-state index contributed by atoms with van der Waals surface area (Å²) in [6, 6.07) is 13.3. The summed E-state index contributed by atoms with van der Waals surface area (Å²) < 4.78 is 57.8. The largest absolute Gasteiger partial charge is 0.573 e. The number of fused-ring (bicyclic) bond motifs is 2. The molecule has 192 valence electrons. The van der Waals surface area contributed by atoms with Gasteiger partial charge in [-0.15, -0.1) is 24.5 Å². The van der Waals surface area contributed by atoms with Crippen LogP contribution in [0.15, 0.2) is 63.9 Å². The van der Waals surface area contributed by atoms with Gasteiger partial charge in [0.05, 0.1) is 11.4 Å². The molecule has 4 heterocycles. The molecule has 14 heteroatoms. The second-order valence-electron chi connectivity index (χ2n) is 8.00. The second-order valence-corrected chi connectivity index (χ2v) is 9.00. The predicted octanol–water partition coefficient (Wildman–Crippen LogP) is 3.96. The smallest absolute Gasteiger partial charge is 0.454 e. The Labute approximate surface area is 213 Å². The third-order valence-corrected chi connectivity index (χ3v) is 6.77. The third-order valence-electron chi connectivity index (χ3n) is 5.66. The molecular weight excluding hydrogens is 529 g/mol. The van der Waals surface area contributed by atoms with E-state index in [0.29, 0.717) is 27.4 Å². The van der Waals surface area contributed by atoms with E-state index in [0.717, 1.165) is 33.7 Å². The lowest BCUT2D eigenvalue weighted by atomic mass is 10.1. The van der Waals surface area contributed by atoms with Crippen LogP contribution in [-0.2, 0) is 0 Å². The van der Waals surface area contributed by atoms with Gasteiger partial charge < -0.3 is 19.9 Å². The zero-order valence-corrected chi connectivity index (χ0v) is 19.7. The van der Waals surface area contributed by atoms with Crippen LogP contribution in [0.1, 0.15) is 15.4 Å². The molecule has 10 nitrogen and oxygen atoms in total. The molecule has 0 amide bonds. The Morgan fingerprint density at radius 2 is 1.84 bits per heavy atom. The van der Waals surface area contributed by atoms with Gasteiger partial charge in [0.25, 0.3) is 5.78 Å². The van der Waals surface area contributed by atoms with E-state index in [4.69, 9.17) is 19.7 Å². The molecule has 5 aromatic rings. The van der Waals surface area contributed by atoms with Gasteiger partial charge in [0.15, 0.2) is 11.5 Å². The minimum Gasteiger partial charge on any atom is -0.454 e. The Hall–Kier alpha value is -4.85. The zero-order chi connectivity index (χ0) is 26.6. The number of aromatic nitrogens is 3. The average Bonchev–Trinajstić information content (AvgIpc) is 3.59. The zero-order valence-electron chi connectivity index (χ0n) is 18.9. The molecule has 38 heavy (non-hydrogen) atoms. The molecule has 0 radical (unpaired) electrons. The number of nitrogens with one attached hydrogen (secondary N) is 1. The maximum atomic E-state index is 13.4. The summed E-state index contributed by atoms with van der Waals surface area (Å²) in [6.45, 7) is 0.136. The van der Waals surface area contributed by atoms with E-state index < -0.39 is 29.2 Å². The first-order valence-electron chi connectivity index (χ1n) is 10.8. The van der Waals surface area contributed by atoms with Crippen molar-refractivity contribution in [1.82, 2.24) is 10.3 Å². The van der Waals surface area contributed by atoms with Crippen LogP contribution in [0.4, 0.5) is 18.9 Å². The molecule has 1 aliphatic rings. The number of nitrogens with zero attached hydrogens (tertiary/aromatic N) is 2. The minimum atomic E-state index is -4.87. The first-order valence-corrected chi connectivity index (χ1v) is 11.6. The number of thiophene rings is 1. The summed E-state index contributed by atoms with van der Waals surface area (Å²) in [5, 5.41) is 2.80. The van der Waals surface area contributed by atoms with Crippen LogP contribution in [0, 0.1) is 0 Å². The number of alkyl halides is 3. The molecule has 0 aliphatic carbocycles. The number of anilines is 1. The molecule has 0 spiro atoms. The van der Waals surface area contributed by atoms with Crippen LogP contribution in [0.3, 0.4) is 0 Å². The van der Waals surface area contributed by atoms with E-state index in [9.17, 15) is 22.8 Å². The van der Waals surface area contributed by atoms with Gasteiger partial charge in [-0.25, -0.2) is 9.78 Å². The SMILES string of the molecule is Nc1c(C(=O)c2c(=O)o[nH][n+]2-c2ccc(OC(F)(F)F)cc2)sc2nc(-c3ccc4c(c3)OCO4)ccc12. The molecule has 2 aromatic carbocycles. The van der Waals surface area contributed by atoms with Crippen molar-refractivity contribution in [2.45, 2.75) is 6.36 Å². The molecule has 0 saturated heterocycles. The maximum Gasteiger partial charge on any atom is 0.573 e. The summed E-state index contributed by atoms with van der Waals surface area (Å²) >= 11 is 0.992. The number of benzene rings is 2. The lowest BCUT2D eigenvalue weighted by Gasteiger charge is -2.07. The number of pyridine rings is 1. The first kappa shape index (κ1) is 23.5. The molecular formula is C24H14F3N4O6S+. The number of rotatable bonds is 5. The highest BCUT2D eigenvalue weighted by atomic mass is 32.1. The lowest BCUT2D eigenvalue weighted by molar-refractivity contribution is -0.672. The second kappa shape index (κ2) is 8.62. The maximum absolute atomic E-state index is 13.4. The summed E-state index contributed by atoms with van der Waals surface area (Å²) in [5.41, 5.74) is 6.49. The molecule has 0 unspecified atom stereocenters. The number of ketones is 1. The van der Waals surface area contributed by atoms with Crippen LogP contribution in [0.25, 0.3) is 27.2 Å². The molecule has 0 atom stereocenters. The van der Waals surface area contributed by atoms with E-state index in [2.05, 4.69) is 15.0 Å². The van der Waals surface area contributed by atoms with Crippen molar-refractivity contribution >= 4 is 33.0 Å². The number of carbonyl (C=O) groups is 1. The van der Waals surface area contributed by atoms with Gasteiger partial charge in [0.2, 0.25) is 12.5 Å². The van der Waals surface area contributed by atoms with Gasteiger partial charge in [0, 0.05) is 23.1 Å². The normalized spacial score (nSPS) is 12.7. The number of halogens is 3. The summed E-state index contributed by atoms with van der Waals surface area (Å²) in [5.74, 6) is -0.00339. The number of hydrogen-bond acceptors (Lipinski definition) is 9. The standard InChI is InChI=1S/C24H13F3N4O6S/c25-24(26,27)36-13-4-2-12(3-5-13)31-19(23(33)37-30-31)20(32)21-18(28)14-6-7-15(29-22(14)38-21)11-1-8-16-17(9-11)35-10-34-16/h1-9H,10H2,(H2-,28,30,32,33)/p+1. The van der Waals surface area contributed by atoms with Gasteiger partial charge in [-0.1, -0.05) is 0 Å². The number of aromatic amines is 1. The molecule has 3 aromatic heterocycles. The van der Waals surface area contributed by atoms with E-state index in [1.807, 2.05) is 6.07 Å². The Balaban J connectivity index is 1.35. The fraction of sp³-hybridized carbons (Fsp3) is 0.0833. The Morgan fingerprint density at radius 1 is 1.08 bits per heavy atom. The predicted molar refractivity (Wildman–Crippen MR) is 127 cm³/mol. The van der Waals surface area contributed by atoms with Crippen molar-refractivity contribution < 1.29 is 41.4 Å². The molecule has 0 bridgehead atoms. The molecule has 1 aliphatic heterocycles. The van der Waals surface area contributed by atoms with Crippen molar-refractivity contribution in [3.63, 3.8) is 0 Å². The number of nitrogen functional groups attached to an aromatic ring is 1. The number of hydrogen-bond donors (Lipinski definition) is 2. The van der Waals surface area contributed by atoms with Gasteiger partial charge in [-0.2, -0.15) is 0 Å². The fourth-order valence-electron chi connectivity index (χ4n) is 3.94. The fourth-order valence-corrected chi connectivity index (χ4v) is 4.97. The Bertz CT molecular complexity index is 1780. The van der Waals surface area contributed by atoms with Crippen LogP contribution in [0.5, 0.6) is 17.2 Å². The van der Waals surface area contributed by atoms with E-state index in [1.165, 1.54) is 12.1 Å². The minimum absolute atomic E-state index is 0.0491. The topological polar surface area (TPSA) is 134 Å². The van der Waals surface area contributed by atoms with Gasteiger partial charge in [0.1, 0.15) is 15.5 Å². The van der Waals surface area contributed by atoms with Gasteiger partial charge in [-0.3, -0.25) is 9.32 Å². The van der Waals surface area contributed by atoms with Crippen molar-refractivity contribution in [3.05, 3.63) is 75.6 Å². The molecule has 3 N–H and O–H groups in total. The van der Waals surface area contributed by atoms with Crippen LogP contribution >= 0.6 is 11.3 Å². The van der Waals surface area contributed by atoms with Crippen molar-refractivity contribution in [1.29, 1.82) is 0 Å². The third kappa shape index (κ3) is 4.10. The summed E-state index contributed by atoms with van der Waals surface area (Å²) in [4.78, 5) is 31.0. The monoisotopic (exact) mass is 543 g/mol. The average molecular weight is 543 g/mol. The van der Waals surface area contributed by atoms with E-state index >= 15 is 0 Å². The van der Waals surface area contributed by atoms with Crippen LogP contribution in [-0.4, -0.2) is 29.2 Å². The van der Waals surface area contributed by atoms with Crippen molar-refractivity contribution in [2.24, 2.45) is 0 Å². The number of nitrogens with two attached hydrogens (primary N) is 1. The van der Waals surface area contributed by atoms with Crippen LogP contribution < -0.4 is 30.3 Å². The quantitative estimate of drug-likeness (QED) is 0.251.